The van der Waals surface area contributed by atoms with Crippen molar-refractivity contribution in [1.29, 1.82) is 0 Å². The molecule has 0 spiro atoms. The standard InChI is InChI=1S/C22H22ClF2NO2S/c1-22(2,3)29(27)13-16(8-14-9-18(24)11-19(25)10-14)20-12-26-21(28-20)15-4-6-17(23)7-5-15/h4-7,9-12,16H,8,13H2,1-3H3/t16?,29-/m1/s1. The molecule has 0 aliphatic rings. The third-order valence-corrected chi connectivity index (χ3v) is 6.78. The van der Waals surface area contributed by atoms with Gasteiger partial charge in [-0.2, -0.15) is 0 Å². The Bertz CT molecular complexity index is 992. The van der Waals surface area contributed by atoms with Gasteiger partial charge in [0.1, 0.15) is 17.4 Å². The predicted molar refractivity (Wildman–Crippen MR) is 113 cm³/mol. The van der Waals surface area contributed by atoms with Crippen molar-refractivity contribution in [2.24, 2.45) is 0 Å². The van der Waals surface area contributed by atoms with Gasteiger partial charge >= 0.3 is 0 Å². The molecule has 0 saturated carbocycles. The number of halogens is 3. The van der Waals surface area contributed by atoms with Crippen LogP contribution in [0.3, 0.4) is 0 Å². The lowest BCUT2D eigenvalue weighted by Gasteiger charge is -2.22. The van der Waals surface area contributed by atoms with E-state index in [4.69, 9.17) is 16.0 Å². The van der Waals surface area contributed by atoms with Crippen molar-refractivity contribution in [3.05, 3.63) is 76.6 Å². The van der Waals surface area contributed by atoms with Gasteiger partial charge in [-0.15, -0.1) is 0 Å². The molecule has 0 bridgehead atoms. The van der Waals surface area contributed by atoms with Crippen LogP contribution in [0.25, 0.3) is 11.5 Å². The van der Waals surface area contributed by atoms with Gasteiger partial charge in [0.25, 0.3) is 0 Å². The van der Waals surface area contributed by atoms with E-state index in [1.54, 1.807) is 30.5 Å². The van der Waals surface area contributed by atoms with Crippen molar-refractivity contribution in [3.8, 4) is 11.5 Å². The van der Waals surface area contributed by atoms with Crippen LogP contribution in [0, 0.1) is 11.6 Å². The zero-order chi connectivity index (χ0) is 21.2. The van der Waals surface area contributed by atoms with Gasteiger partial charge in [0.05, 0.1) is 6.20 Å². The Kier molecular flexibility index (Phi) is 6.54. The minimum absolute atomic E-state index is 0.283. The summed E-state index contributed by atoms with van der Waals surface area (Å²) in [6.07, 6.45) is 1.87. The number of benzene rings is 2. The Morgan fingerprint density at radius 1 is 1.10 bits per heavy atom. The fourth-order valence-electron chi connectivity index (χ4n) is 2.89. The van der Waals surface area contributed by atoms with Gasteiger partial charge in [0.2, 0.25) is 5.89 Å². The van der Waals surface area contributed by atoms with E-state index in [1.807, 2.05) is 20.8 Å². The van der Waals surface area contributed by atoms with Crippen LogP contribution in [-0.4, -0.2) is 19.7 Å². The largest absolute Gasteiger partial charge is 0.441 e. The molecule has 3 rings (SSSR count). The minimum Gasteiger partial charge on any atom is -0.441 e. The number of rotatable bonds is 6. The van der Waals surface area contributed by atoms with Crippen LogP contribution in [0.5, 0.6) is 0 Å². The molecule has 154 valence electrons. The van der Waals surface area contributed by atoms with E-state index in [9.17, 15) is 13.0 Å². The lowest BCUT2D eigenvalue weighted by Crippen LogP contribution is -2.27. The lowest BCUT2D eigenvalue weighted by molar-refractivity contribution is 0.479. The summed E-state index contributed by atoms with van der Waals surface area (Å²) >= 11 is 5.92. The fraction of sp³-hybridized carbons (Fsp3) is 0.318. The second-order valence-corrected chi connectivity index (χ2v) is 10.6. The molecule has 1 aromatic heterocycles. The van der Waals surface area contributed by atoms with Crippen LogP contribution in [0.4, 0.5) is 8.78 Å². The second kappa shape index (κ2) is 8.76. The quantitative estimate of drug-likeness (QED) is 0.464. The first-order valence-electron chi connectivity index (χ1n) is 9.17. The van der Waals surface area contributed by atoms with Gasteiger partial charge in [-0.3, -0.25) is 4.21 Å². The summed E-state index contributed by atoms with van der Waals surface area (Å²) in [7, 11) is -1.18. The monoisotopic (exact) mass is 437 g/mol. The molecule has 0 radical (unpaired) electrons. The molecule has 2 aromatic carbocycles. The van der Waals surface area contributed by atoms with E-state index in [2.05, 4.69) is 4.98 Å². The van der Waals surface area contributed by atoms with Crippen molar-refractivity contribution in [2.45, 2.75) is 37.9 Å². The van der Waals surface area contributed by atoms with Gasteiger partial charge < -0.3 is 4.42 Å². The number of nitrogens with zero attached hydrogens (tertiary/aromatic N) is 1. The summed E-state index contributed by atoms with van der Waals surface area (Å²) in [6, 6.07) is 10.5. The molecule has 0 saturated heterocycles. The molecule has 3 aromatic rings. The number of aromatic nitrogens is 1. The summed E-state index contributed by atoms with van der Waals surface area (Å²) < 4.78 is 45.6. The highest BCUT2D eigenvalue weighted by Crippen LogP contribution is 2.30. The third kappa shape index (κ3) is 5.73. The van der Waals surface area contributed by atoms with Crippen LogP contribution in [0.2, 0.25) is 5.02 Å². The third-order valence-electron chi connectivity index (χ3n) is 4.46. The highest BCUT2D eigenvalue weighted by atomic mass is 35.5. The summed E-state index contributed by atoms with van der Waals surface area (Å²) in [5.74, 6) is -0.405. The first-order chi connectivity index (χ1) is 13.6. The smallest absolute Gasteiger partial charge is 0.226 e. The first-order valence-corrected chi connectivity index (χ1v) is 10.9. The molecule has 3 nitrogen and oxygen atoms in total. The Balaban J connectivity index is 1.92. The zero-order valence-corrected chi connectivity index (χ0v) is 18.0. The predicted octanol–water partition coefficient (Wildman–Crippen LogP) is 6.15. The molecule has 0 aliphatic heterocycles. The maximum Gasteiger partial charge on any atom is 0.226 e. The molecule has 0 amide bonds. The van der Waals surface area contributed by atoms with Crippen molar-refractivity contribution >= 4 is 22.4 Å². The van der Waals surface area contributed by atoms with Crippen LogP contribution < -0.4 is 0 Å². The summed E-state index contributed by atoms with van der Waals surface area (Å²) in [5.41, 5.74) is 1.23. The van der Waals surface area contributed by atoms with Crippen LogP contribution in [0.15, 0.2) is 53.1 Å². The second-order valence-electron chi connectivity index (χ2n) is 7.88. The summed E-state index contributed by atoms with van der Waals surface area (Å²) in [5, 5.41) is 0.604. The molecular weight excluding hydrogens is 416 g/mol. The van der Waals surface area contributed by atoms with E-state index in [0.29, 0.717) is 22.2 Å². The average molecular weight is 438 g/mol. The Morgan fingerprint density at radius 3 is 2.31 bits per heavy atom. The van der Waals surface area contributed by atoms with Crippen molar-refractivity contribution in [2.75, 3.05) is 5.75 Å². The molecule has 0 fully saturated rings. The van der Waals surface area contributed by atoms with Gasteiger partial charge in [-0.05, 0) is 69.2 Å². The van der Waals surface area contributed by atoms with Crippen LogP contribution in [-0.2, 0) is 17.2 Å². The average Bonchev–Trinajstić information content (AvgIpc) is 3.10. The number of hydrogen-bond donors (Lipinski definition) is 0. The van der Waals surface area contributed by atoms with E-state index in [-0.39, 0.29) is 18.1 Å². The Hall–Kier alpha value is -2.05. The lowest BCUT2D eigenvalue weighted by atomic mass is 9.99. The SMILES string of the molecule is CC(C)(C)[S@](=O)CC(Cc1cc(F)cc(F)c1)c1cnc(-c2ccc(Cl)cc2)o1. The van der Waals surface area contributed by atoms with Crippen molar-refractivity contribution < 1.29 is 17.4 Å². The molecule has 0 N–H and O–H groups in total. The highest BCUT2D eigenvalue weighted by molar-refractivity contribution is 7.86. The van der Waals surface area contributed by atoms with Gasteiger partial charge in [0, 0.05) is 43.9 Å². The van der Waals surface area contributed by atoms with Crippen molar-refractivity contribution in [1.82, 2.24) is 4.98 Å². The molecule has 7 heteroatoms. The first kappa shape index (κ1) is 21.7. The van der Waals surface area contributed by atoms with Gasteiger partial charge in [0.15, 0.2) is 0 Å². The molecule has 1 heterocycles. The Labute approximate surface area is 176 Å². The minimum atomic E-state index is -1.18. The van der Waals surface area contributed by atoms with Crippen LogP contribution >= 0.6 is 11.6 Å². The topological polar surface area (TPSA) is 43.1 Å². The highest BCUT2D eigenvalue weighted by Gasteiger charge is 2.27. The Morgan fingerprint density at radius 2 is 1.72 bits per heavy atom. The summed E-state index contributed by atoms with van der Waals surface area (Å²) in [4.78, 5) is 4.33. The van der Waals surface area contributed by atoms with E-state index in [0.717, 1.165) is 11.6 Å². The van der Waals surface area contributed by atoms with Crippen LogP contribution in [0.1, 0.15) is 38.0 Å². The number of oxazole rings is 1. The fourth-order valence-corrected chi connectivity index (χ4v) is 4.16. The molecule has 1 unspecified atom stereocenters. The van der Waals surface area contributed by atoms with E-state index >= 15 is 0 Å². The van der Waals surface area contributed by atoms with Crippen molar-refractivity contribution in [3.63, 3.8) is 0 Å². The summed E-state index contributed by atoms with van der Waals surface area (Å²) in [6.45, 7) is 5.67. The van der Waals surface area contributed by atoms with Gasteiger partial charge in [-0.1, -0.05) is 11.6 Å². The number of hydrogen-bond acceptors (Lipinski definition) is 3. The van der Waals surface area contributed by atoms with E-state index < -0.39 is 27.2 Å². The molecule has 29 heavy (non-hydrogen) atoms. The molecular formula is C22H22ClF2NO2S. The maximum absolute atomic E-state index is 13.6. The van der Waals surface area contributed by atoms with Gasteiger partial charge in [-0.25, -0.2) is 13.8 Å². The van der Waals surface area contributed by atoms with E-state index in [1.165, 1.54) is 12.1 Å². The zero-order valence-electron chi connectivity index (χ0n) is 16.4. The normalized spacial score (nSPS) is 14.0. The maximum atomic E-state index is 13.6. The molecule has 2 atom stereocenters. The molecule has 0 aliphatic carbocycles.